The van der Waals surface area contributed by atoms with E-state index in [4.69, 9.17) is 4.74 Å². The molecule has 0 radical (unpaired) electrons. The molecule has 2 saturated heterocycles. The first kappa shape index (κ1) is 21.0. The minimum absolute atomic E-state index is 0.0463. The van der Waals surface area contributed by atoms with Crippen molar-refractivity contribution in [3.8, 4) is 0 Å². The highest BCUT2D eigenvalue weighted by molar-refractivity contribution is 5.84. The molecule has 4 atom stereocenters. The maximum Gasteiger partial charge on any atom is 0.320 e. The summed E-state index contributed by atoms with van der Waals surface area (Å²) in [6, 6.07) is 17.9. The fraction of sp³-hybridized carbons (Fsp3) is 0.462. The van der Waals surface area contributed by atoms with E-state index in [0.29, 0.717) is 6.54 Å². The van der Waals surface area contributed by atoms with Crippen LogP contribution < -0.4 is 5.32 Å². The van der Waals surface area contributed by atoms with E-state index >= 15 is 0 Å². The highest BCUT2D eigenvalue weighted by Gasteiger charge is 2.49. The summed E-state index contributed by atoms with van der Waals surface area (Å²) in [4.78, 5) is 31.0. The van der Waals surface area contributed by atoms with Crippen molar-refractivity contribution in [2.45, 2.75) is 50.4 Å². The number of rotatable bonds is 3. The predicted octanol–water partition coefficient (Wildman–Crippen LogP) is 3.83. The number of methoxy groups -OCH3 is 1. The summed E-state index contributed by atoms with van der Waals surface area (Å²) in [5.41, 5.74) is 2.51. The summed E-state index contributed by atoms with van der Waals surface area (Å²) in [5, 5.41) is 3.11. The molecular formula is C26H31N3O3. The largest absolute Gasteiger partial charge is 0.355 e. The van der Waals surface area contributed by atoms with Gasteiger partial charge in [0.2, 0.25) is 5.91 Å². The number of nitrogens with one attached hydrogen (secondary N) is 1. The molecule has 0 spiro atoms. The van der Waals surface area contributed by atoms with Gasteiger partial charge in [-0.05, 0) is 43.7 Å². The lowest BCUT2D eigenvalue weighted by atomic mass is 9.76. The van der Waals surface area contributed by atoms with Crippen LogP contribution in [0.15, 0.2) is 54.6 Å². The molecule has 1 N–H and O–H groups in total. The number of urea groups is 1. The molecular weight excluding hydrogens is 402 g/mol. The lowest BCUT2D eigenvalue weighted by molar-refractivity contribution is -0.148. The number of hydrogen-bond donors (Lipinski definition) is 1. The fourth-order valence-corrected chi connectivity index (χ4v) is 5.77. The summed E-state index contributed by atoms with van der Waals surface area (Å²) in [5.74, 6) is 0.0809. The van der Waals surface area contributed by atoms with Crippen molar-refractivity contribution in [3.63, 3.8) is 0 Å². The molecule has 168 valence electrons. The van der Waals surface area contributed by atoms with Gasteiger partial charge in [0, 0.05) is 31.8 Å². The molecule has 32 heavy (non-hydrogen) atoms. The molecule has 0 aromatic heterocycles. The number of nitrogens with zero attached hydrogens (tertiary/aromatic N) is 2. The molecule has 2 aromatic rings. The van der Waals surface area contributed by atoms with E-state index < -0.39 is 5.72 Å². The van der Waals surface area contributed by atoms with Gasteiger partial charge in [-0.15, -0.1) is 0 Å². The zero-order valence-electron chi connectivity index (χ0n) is 18.8. The van der Waals surface area contributed by atoms with Crippen molar-refractivity contribution in [1.29, 1.82) is 0 Å². The number of fused-ring (bicyclic) bond motifs is 4. The van der Waals surface area contributed by atoms with Crippen LogP contribution in [0.5, 0.6) is 0 Å². The van der Waals surface area contributed by atoms with Gasteiger partial charge in [0.25, 0.3) is 0 Å². The van der Waals surface area contributed by atoms with E-state index in [1.165, 1.54) is 11.1 Å². The third kappa shape index (κ3) is 3.47. The molecule has 3 aliphatic heterocycles. The highest BCUT2D eigenvalue weighted by Crippen LogP contribution is 2.43. The Hall–Kier alpha value is -2.86. The zero-order chi connectivity index (χ0) is 22.3. The van der Waals surface area contributed by atoms with Gasteiger partial charge in [0.15, 0.2) is 5.72 Å². The van der Waals surface area contributed by atoms with Crippen molar-refractivity contribution in [2.75, 3.05) is 20.2 Å². The topological polar surface area (TPSA) is 61.9 Å². The van der Waals surface area contributed by atoms with Gasteiger partial charge < -0.3 is 19.9 Å². The highest BCUT2D eigenvalue weighted by atomic mass is 16.5. The number of ether oxygens (including phenoxy) is 1. The van der Waals surface area contributed by atoms with Crippen LogP contribution in [0, 0.1) is 5.92 Å². The maximum absolute atomic E-state index is 13.5. The molecule has 6 heteroatoms. The monoisotopic (exact) mass is 433 g/mol. The lowest BCUT2D eigenvalue weighted by Crippen LogP contribution is -2.62. The number of piperidine rings is 2. The number of benzene rings is 2. The smallest absolute Gasteiger partial charge is 0.320 e. The summed E-state index contributed by atoms with van der Waals surface area (Å²) in [6.45, 7) is 3.29. The minimum Gasteiger partial charge on any atom is -0.355 e. The van der Waals surface area contributed by atoms with Crippen molar-refractivity contribution in [2.24, 2.45) is 5.92 Å². The Morgan fingerprint density at radius 2 is 1.84 bits per heavy atom. The fourth-order valence-electron chi connectivity index (χ4n) is 5.77. The summed E-state index contributed by atoms with van der Waals surface area (Å²) >= 11 is 0. The normalized spacial score (nSPS) is 26.4. The third-order valence-corrected chi connectivity index (χ3v) is 7.60. The van der Waals surface area contributed by atoms with E-state index in [9.17, 15) is 9.59 Å². The Balaban J connectivity index is 1.41. The molecule has 0 bridgehead atoms. The third-order valence-electron chi connectivity index (χ3n) is 7.60. The maximum atomic E-state index is 13.5. The second-order valence-electron chi connectivity index (χ2n) is 9.27. The van der Waals surface area contributed by atoms with Crippen molar-refractivity contribution in [1.82, 2.24) is 15.1 Å². The standard InChI is InChI=1S/C26H31N3O3/c1-26(32-2,19-10-4-3-5-11-19)27-25(31)29-15-8-13-21-23(29)17-22-20-12-7-6-9-18(20)14-16-28(22)24(21)30/h3-7,9-12,21-23H,8,13-17H2,1-2H3,(H,27,31)/t21-,22+,23-,26+/m0/s1. The van der Waals surface area contributed by atoms with Crippen LogP contribution in [0.4, 0.5) is 4.79 Å². The van der Waals surface area contributed by atoms with E-state index in [1.54, 1.807) is 7.11 Å². The van der Waals surface area contributed by atoms with Gasteiger partial charge in [-0.2, -0.15) is 0 Å². The molecule has 6 nitrogen and oxygen atoms in total. The molecule has 3 aliphatic rings. The number of hydrogen-bond acceptors (Lipinski definition) is 3. The molecule has 5 rings (SSSR count). The van der Waals surface area contributed by atoms with Gasteiger partial charge in [0.05, 0.1) is 12.0 Å². The Morgan fingerprint density at radius 1 is 1.09 bits per heavy atom. The van der Waals surface area contributed by atoms with Crippen LogP contribution >= 0.6 is 0 Å². The second kappa shape index (κ2) is 8.24. The first-order valence-electron chi connectivity index (χ1n) is 11.6. The summed E-state index contributed by atoms with van der Waals surface area (Å²) in [6.07, 6.45) is 3.38. The van der Waals surface area contributed by atoms with Gasteiger partial charge in [-0.1, -0.05) is 54.6 Å². The Morgan fingerprint density at radius 3 is 2.62 bits per heavy atom. The van der Waals surface area contributed by atoms with Crippen molar-refractivity contribution < 1.29 is 14.3 Å². The number of carbonyl (C=O) groups is 2. The van der Waals surface area contributed by atoms with Gasteiger partial charge >= 0.3 is 6.03 Å². The predicted molar refractivity (Wildman–Crippen MR) is 122 cm³/mol. The van der Waals surface area contributed by atoms with E-state index in [1.807, 2.05) is 48.2 Å². The van der Waals surface area contributed by atoms with E-state index in [-0.39, 0.29) is 29.9 Å². The average Bonchev–Trinajstić information content (AvgIpc) is 2.84. The van der Waals surface area contributed by atoms with Crippen LogP contribution in [0.1, 0.15) is 48.9 Å². The number of carbonyl (C=O) groups excluding carboxylic acids is 2. The Kier molecular flexibility index (Phi) is 5.41. The zero-order valence-corrected chi connectivity index (χ0v) is 18.8. The van der Waals surface area contributed by atoms with Crippen molar-refractivity contribution in [3.05, 3.63) is 71.3 Å². The minimum atomic E-state index is -0.937. The van der Waals surface area contributed by atoms with Crippen LogP contribution in [-0.2, 0) is 21.7 Å². The quantitative estimate of drug-likeness (QED) is 0.749. The first-order chi connectivity index (χ1) is 15.5. The molecule has 0 aliphatic carbocycles. The van der Waals surface area contributed by atoms with Gasteiger partial charge in [-0.3, -0.25) is 4.79 Å². The average molecular weight is 434 g/mol. The lowest BCUT2D eigenvalue weighted by Gasteiger charge is -2.51. The molecule has 2 aromatic carbocycles. The van der Waals surface area contributed by atoms with E-state index in [0.717, 1.165) is 37.8 Å². The molecule has 3 amide bonds. The van der Waals surface area contributed by atoms with Gasteiger partial charge in [0.1, 0.15) is 0 Å². The van der Waals surface area contributed by atoms with Crippen LogP contribution in [0.3, 0.4) is 0 Å². The van der Waals surface area contributed by atoms with E-state index in [2.05, 4.69) is 28.4 Å². The first-order valence-corrected chi connectivity index (χ1v) is 11.6. The summed E-state index contributed by atoms with van der Waals surface area (Å²) in [7, 11) is 1.60. The molecule has 2 fully saturated rings. The Bertz CT molecular complexity index is 1010. The Labute approximate surface area is 189 Å². The van der Waals surface area contributed by atoms with Crippen LogP contribution in [0.25, 0.3) is 0 Å². The molecule has 0 saturated carbocycles. The SMILES string of the molecule is CO[C@@](C)(NC(=O)N1CCC[C@@H]2C(=O)N3CCc4ccccc4[C@H]3C[C@@H]21)c1ccccc1. The number of likely N-dealkylation sites (tertiary alicyclic amines) is 1. The second-order valence-corrected chi connectivity index (χ2v) is 9.27. The van der Waals surface area contributed by atoms with Crippen molar-refractivity contribution >= 4 is 11.9 Å². The molecule has 3 heterocycles. The van der Waals surface area contributed by atoms with Crippen LogP contribution in [0.2, 0.25) is 0 Å². The summed E-state index contributed by atoms with van der Waals surface area (Å²) < 4.78 is 5.74. The van der Waals surface area contributed by atoms with Crippen LogP contribution in [-0.4, -0.2) is 48.0 Å². The molecule has 0 unspecified atom stereocenters. The van der Waals surface area contributed by atoms with Gasteiger partial charge in [-0.25, -0.2) is 4.79 Å². The number of amides is 3.